The molecule has 0 aliphatic rings. The zero-order chi connectivity index (χ0) is 12.2. The Morgan fingerprint density at radius 2 is 1.88 bits per heavy atom. The standard InChI is InChI=1S/C13H20N2O/c1-13(2,3)15-11(12(14)16)9-10-7-5-4-6-8-10/h4-8,11,15H,9H2,1-3H3,(H2,14,16)/t11-/m1/s1. The quantitative estimate of drug-likeness (QED) is 0.807. The first kappa shape index (κ1) is 12.7. The Hall–Kier alpha value is -1.35. The summed E-state index contributed by atoms with van der Waals surface area (Å²) >= 11 is 0. The highest BCUT2D eigenvalue weighted by molar-refractivity contribution is 5.80. The summed E-state index contributed by atoms with van der Waals surface area (Å²) in [6, 6.07) is 9.57. The van der Waals surface area contributed by atoms with Gasteiger partial charge in [-0.05, 0) is 32.8 Å². The number of carbonyl (C=O) groups is 1. The van der Waals surface area contributed by atoms with E-state index in [0.717, 1.165) is 5.56 Å². The topological polar surface area (TPSA) is 55.1 Å². The third kappa shape index (κ3) is 4.45. The van der Waals surface area contributed by atoms with Crippen molar-refractivity contribution in [2.45, 2.75) is 38.8 Å². The largest absolute Gasteiger partial charge is 0.368 e. The number of benzene rings is 1. The monoisotopic (exact) mass is 220 g/mol. The predicted molar refractivity (Wildman–Crippen MR) is 66.0 cm³/mol. The fourth-order valence-electron chi connectivity index (χ4n) is 1.60. The first-order valence-electron chi connectivity index (χ1n) is 5.49. The zero-order valence-corrected chi connectivity index (χ0v) is 10.2. The fraction of sp³-hybridized carbons (Fsp3) is 0.462. The summed E-state index contributed by atoms with van der Waals surface area (Å²) in [6.45, 7) is 6.07. The Morgan fingerprint density at radius 3 is 2.31 bits per heavy atom. The average molecular weight is 220 g/mol. The van der Waals surface area contributed by atoms with E-state index in [2.05, 4.69) is 5.32 Å². The van der Waals surface area contributed by atoms with Crippen LogP contribution < -0.4 is 11.1 Å². The van der Waals surface area contributed by atoms with E-state index in [-0.39, 0.29) is 17.5 Å². The van der Waals surface area contributed by atoms with Gasteiger partial charge in [-0.15, -0.1) is 0 Å². The van der Waals surface area contributed by atoms with Crippen molar-refractivity contribution in [1.82, 2.24) is 5.32 Å². The lowest BCUT2D eigenvalue weighted by Gasteiger charge is -2.26. The molecule has 1 amide bonds. The van der Waals surface area contributed by atoms with Crippen molar-refractivity contribution in [2.75, 3.05) is 0 Å². The molecule has 0 bridgehead atoms. The van der Waals surface area contributed by atoms with Crippen LogP contribution >= 0.6 is 0 Å². The molecule has 0 aromatic heterocycles. The Balaban J connectivity index is 2.70. The molecule has 0 fully saturated rings. The predicted octanol–water partition coefficient (Wildman–Crippen LogP) is 1.47. The van der Waals surface area contributed by atoms with Crippen LogP contribution in [0.5, 0.6) is 0 Å². The number of hydrogen-bond donors (Lipinski definition) is 2. The van der Waals surface area contributed by atoms with Gasteiger partial charge in [0.05, 0.1) is 6.04 Å². The van der Waals surface area contributed by atoms with Gasteiger partial charge >= 0.3 is 0 Å². The zero-order valence-electron chi connectivity index (χ0n) is 10.2. The van der Waals surface area contributed by atoms with Gasteiger partial charge in [0.15, 0.2) is 0 Å². The highest BCUT2D eigenvalue weighted by Gasteiger charge is 2.21. The number of hydrogen-bond acceptors (Lipinski definition) is 2. The summed E-state index contributed by atoms with van der Waals surface area (Å²) in [7, 11) is 0. The lowest BCUT2D eigenvalue weighted by Crippen LogP contribution is -2.51. The van der Waals surface area contributed by atoms with Crippen molar-refractivity contribution in [3.8, 4) is 0 Å². The number of nitrogens with one attached hydrogen (secondary N) is 1. The van der Waals surface area contributed by atoms with Gasteiger partial charge in [0.25, 0.3) is 0 Å². The smallest absolute Gasteiger partial charge is 0.234 e. The molecule has 0 heterocycles. The molecule has 0 aliphatic carbocycles. The van der Waals surface area contributed by atoms with Gasteiger partial charge in [0.1, 0.15) is 0 Å². The highest BCUT2D eigenvalue weighted by atomic mass is 16.1. The molecule has 3 N–H and O–H groups in total. The summed E-state index contributed by atoms with van der Waals surface area (Å²) in [5.74, 6) is -0.307. The summed E-state index contributed by atoms with van der Waals surface area (Å²) < 4.78 is 0. The maximum atomic E-state index is 11.3. The number of amides is 1. The van der Waals surface area contributed by atoms with E-state index in [9.17, 15) is 4.79 Å². The van der Waals surface area contributed by atoms with Gasteiger partial charge < -0.3 is 11.1 Å². The SMILES string of the molecule is CC(C)(C)N[C@H](Cc1ccccc1)C(N)=O. The van der Waals surface area contributed by atoms with Crippen molar-refractivity contribution in [1.29, 1.82) is 0 Å². The molecule has 0 spiro atoms. The summed E-state index contributed by atoms with van der Waals surface area (Å²) in [6.07, 6.45) is 0.632. The summed E-state index contributed by atoms with van der Waals surface area (Å²) in [4.78, 5) is 11.3. The second-order valence-electron chi connectivity index (χ2n) is 5.04. The molecule has 1 atom stereocenters. The maximum Gasteiger partial charge on any atom is 0.234 e. The molecule has 16 heavy (non-hydrogen) atoms. The van der Waals surface area contributed by atoms with E-state index in [0.29, 0.717) is 6.42 Å². The van der Waals surface area contributed by atoms with Gasteiger partial charge in [0.2, 0.25) is 5.91 Å². The molecular weight excluding hydrogens is 200 g/mol. The van der Waals surface area contributed by atoms with Crippen LogP contribution in [0.2, 0.25) is 0 Å². The molecule has 0 radical (unpaired) electrons. The Morgan fingerprint density at radius 1 is 1.31 bits per heavy atom. The Kier molecular flexibility index (Phi) is 4.07. The molecule has 1 aromatic carbocycles. The molecule has 3 heteroatoms. The second-order valence-corrected chi connectivity index (χ2v) is 5.04. The van der Waals surface area contributed by atoms with Crippen molar-refractivity contribution in [3.05, 3.63) is 35.9 Å². The Bertz CT molecular complexity index is 341. The minimum absolute atomic E-state index is 0.117. The van der Waals surface area contributed by atoms with Crippen LogP contribution in [0.15, 0.2) is 30.3 Å². The first-order valence-corrected chi connectivity index (χ1v) is 5.49. The molecule has 0 unspecified atom stereocenters. The summed E-state index contributed by atoms with van der Waals surface area (Å²) in [5, 5.41) is 3.23. The number of rotatable bonds is 4. The normalized spacial score (nSPS) is 13.4. The molecule has 0 saturated heterocycles. The molecule has 88 valence electrons. The maximum absolute atomic E-state index is 11.3. The van der Waals surface area contributed by atoms with E-state index < -0.39 is 0 Å². The van der Waals surface area contributed by atoms with Crippen LogP contribution in [0, 0.1) is 0 Å². The van der Waals surface area contributed by atoms with Crippen molar-refractivity contribution >= 4 is 5.91 Å². The Labute approximate surface area is 97.0 Å². The second kappa shape index (κ2) is 5.12. The van der Waals surface area contributed by atoms with Gasteiger partial charge in [-0.1, -0.05) is 30.3 Å². The van der Waals surface area contributed by atoms with Crippen molar-refractivity contribution < 1.29 is 4.79 Å². The lowest BCUT2D eigenvalue weighted by molar-refractivity contribution is -0.120. The third-order valence-electron chi connectivity index (χ3n) is 2.23. The van der Waals surface area contributed by atoms with Gasteiger partial charge in [-0.25, -0.2) is 0 Å². The van der Waals surface area contributed by atoms with Crippen LogP contribution in [-0.4, -0.2) is 17.5 Å². The van der Waals surface area contributed by atoms with E-state index in [1.54, 1.807) is 0 Å². The van der Waals surface area contributed by atoms with Gasteiger partial charge in [-0.3, -0.25) is 4.79 Å². The minimum atomic E-state index is -0.317. The number of carbonyl (C=O) groups excluding carboxylic acids is 1. The van der Waals surface area contributed by atoms with E-state index in [4.69, 9.17) is 5.73 Å². The van der Waals surface area contributed by atoms with Crippen LogP contribution in [-0.2, 0) is 11.2 Å². The lowest BCUT2D eigenvalue weighted by atomic mass is 10.0. The minimum Gasteiger partial charge on any atom is -0.368 e. The van der Waals surface area contributed by atoms with E-state index >= 15 is 0 Å². The van der Waals surface area contributed by atoms with Crippen LogP contribution in [0.25, 0.3) is 0 Å². The molecule has 0 aliphatic heterocycles. The number of primary amides is 1. The van der Waals surface area contributed by atoms with Crippen molar-refractivity contribution in [2.24, 2.45) is 5.73 Å². The van der Waals surface area contributed by atoms with Crippen LogP contribution in [0.4, 0.5) is 0 Å². The molecule has 0 saturated carbocycles. The highest BCUT2D eigenvalue weighted by Crippen LogP contribution is 2.07. The molecule has 1 rings (SSSR count). The van der Waals surface area contributed by atoms with E-state index in [1.807, 2.05) is 51.1 Å². The summed E-state index contributed by atoms with van der Waals surface area (Å²) in [5.41, 5.74) is 6.39. The number of nitrogens with two attached hydrogens (primary N) is 1. The molecule has 1 aromatic rings. The first-order chi connectivity index (χ1) is 7.38. The van der Waals surface area contributed by atoms with Crippen LogP contribution in [0.3, 0.4) is 0 Å². The fourth-order valence-corrected chi connectivity index (χ4v) is 1.60. The van der Waals surface area contributed by atoms with Gasteiger partial charge in [0, 0.05) is 5.54 Å². The van der Waals surface area contributed by atoms with E-state index in [1.165, 1.54) is 0 Å². The van der Waals surface area contributed by atoms with Crippen molar-refractivity contribution in [3.63, 3.8) is 0 Å². The van der Waals surface area contributed by atoms with Gasteiger partial charge in [-0.2, -0.15) is 0 Å². The van der Waals surface area contributed by atoms with Crippen LogP contribution in [0.1, 0.15) is 26.3 Å². The molecule has 3 nitrogen and oxygen atoms in total. The average Bonchev–Trinajstić information content (AvgIpc) is 2.16. The third-order valence-corrected chi connectivity index (χ3v) is 2.23. The molecular formula is C13H20N2O.